The maximum absolute atomic E-state index is 13.0. The number of benzene rings is 1. The van der Waals surface area contributed by atoms with Crippen molar-refractivity contribution in [2.75, 3.05) is 0 Å². The minimum absolute atomic E-state index is 0.0558. The van der Waals surface area contributed by atoms with E-state index < -0.39 is 0 Å². The van der Waals surface area contributed by atoms with Gasteiger partial charge in [-0.2, -0.15) is 0 Å². The second kappa shape index (κ2) is 9.93. The van der Waals surface area contributed by atoms with E-state index in [9.17, 15) is 4.79 Å². The molecule has 1 aliphatic carbocycles. The van der Waals surface area contributed by atoms with Crippen LogP contribution in [0.25, 0.3) is 0 Å². The van der Waals surface area contributed by atoms with E-state index in [1.165, 1.54) is 30.4 Å². The minimum Gasteiger partial charge on any atom is -0.312 e. The number of hydrogen-bond donors (Lipinski definition) is 0. The van der Waals surface area contributed by atoms with Crippen molar-refractivity contribution in [2.24, 2.45) is 5.41 Å². The van der Waals surface area contributed by atoms with Gasteiger partial charge < -0.3 is 4.57 Å². The van der Waals surface area contributed by atoms with Crippen LogP contribution in [0.3, 0.4) is 0 Å². The van der Waals surface area contributed by atoms with Crippen LogP contribution in [-0.2, 0) is 17.6 Å². The molecule has 0 aliphatic heterocycles. The fraction of sp³-hybridized carbons (Fsp3) is 0.593. The second-order valence-electron chi connectivity index (χ2n) is 10.6. The van der Waals surface area contributed by atoms with E-state index in [4.69, 9.17) is 0 Å². The van der Waals surface area contributed by atoms with E-state index in [1.54, 1.807) is 0 Å². The highest BCUT2D eigenvalue weighted by Gasteiger charge is 2.32. The third-order valence-electron chi connectivity index (χ3n) is 6.21. The van der Waals surface area contributed by atoms with Gasteiger partial charge in [0.2, 0.25) is 0 Å². The van der Waals surface area contributed by atoms with E-state index in [-0.39, 0.29) is 11.7 Å². The highest BCUT2D eigenvalue weighted by atomic mass is 16.1. The van der Waals surface area contributed by atoms with Gasteiger partial charge in [0.1, 0.15) is 17.4 Å². The first-order valence-corrected chi connectivity index (χ1v) is 11.8. The summed E-state index contributed by atoms with van der Waals surface area (Å²) in [4.78, 5) is 13.0. The number of hydrogen-bond acceptors (Lipinski definition) is 3. The van der Waals surface area contributed by atoms with E-state index >= 15 is 0 Å². The molecule has 1 aromatic carbocycles. The summed E-state index contributed by atoms with van der Waals surface area (Å²) in [6.45, 7) is 15.0. The predicted molar refractivity (Wildman–Crippen MR) is 127 cm³/mol. The summed E-state index contributed by atoms with van der Waals surface area (Å²) >= 11 is 0. The van der Waals surface area contributed by atoms with Crippen LogP contribution >= 0.6 is 0 Å². The maximum atomic E-state index is 13.0. The fourth-order valence-electron chi connectivity index (χ4n) is 4.38. The molecular formula is C27H39N3O. The number of rotatable bonds is 11. The van der Waals surface area contributed by atoms with E-state index in [0.29, 0.717) is 24.3 Å². The van der Waals surface area contributed by atoms with Crippen LogP contribution in [-0.4, -0.2) is 20.5 Å². The van der Waals surface area contributed by atoms with Gasteiger partial charge >= 0.3 is 0 Å². The summed E-state index contributed by atoms with van der Waals surface area (Å²) in [5.74, 6) is 2.40. The van der Waals surface area contributed by atoms with Gasteiger partial charge in [0.25, 0.3) is 0 Å². The number of ketones is 1. The Bertz CT molecular complexity index is 915. The molecule has 1 atom stereocenters. The Balaban J connectivity index is 1.74. The molecule has 2 aromatic rings. The normalized spacial score (nSPS) is 15.1. The van der Waals surface area contributed by atoms with Gasteiger partial charge in [-0.25, -0.2) is 0 Å². The molecule has 0 amide bonds. The van der Waals surface area contributed by atoms with E-state index in [1.807, 2.05) is 6.08 Å². The lowest BCUT2D eigenvalue weighted by Crippen LogP contribution is -2.15. The molecule has 0 N–H and O–H groups in total. The molecule has 0 spiro atoms. The van der Waals surface area contributed by atoms with Crippen molar-refractivity contribution in [1.82, 2.24) is 14.8 Å². The first-order valence-electron chi connectivity index (χ1n) is 11.8. The zero-order valence-corrected chi connectivity index (χ0v) is 20.1. The Morgan fingerprint density at radius 1 is 1.26 bits per heavy atom. The zero-order valence-electron chi connectivity index (χ0n) is 20.1. The minimum atomic E-state index is 0.0558. The Kier molecular flexibility index (Phi) is 7.51. The standard InChI is InChI=1S/C27H39N3O/c1-7-9-22(18-24(31)17-21-12-11-19(2)16-20(21)3)26-29-28-25(30(26)23-13-14-23)10-8-15-27(4,5)6/h7,11-12,16,22-23H,1,8-10,13-15,17-18H2,2-6H3. The lowest BCUT2D eigenvalue weighted by molar-refractivity contribution is -0.118. The van der Waals surface area contributed by atoms with E-state index in [2.05, 4.69) is 74.2 Å². The van der Waals surface area contributed by atoms with Crippen LogP contribution in [0.2, 0.25) is 0 Å². The highest BCUT2D eigenvalue weighted by Crippen LogP contribution is 2.39. The number of carbonyl (C=O) groups excluding carboxylic acids is 1. The summed E-state index contributed by atoms with van der Waals surface area (Å²) in [6, 6.07) is 6.84. The molecule has 0 bridgehead atoms. The van der Waals surface area contributed by atoms with Gasteiger partial charge in [0.05, 0.1) is 0 Å². The number of aromatic nitrogens is 3. The molecule has 0 saturated heterocycles. The molecule has 1 heterocycles. The Labute approximate surface area is 188 Å². The van der Waals surface area contributed by atoms with Crippen molar-refractivity contribution in [1.29, 1.82) is 0 Å². The van der Waals surface area contributed by atoms with Crippen molar-refractivity contribution in [3.8, 4) is 0 Å². The highest BCUT2D eigenvalue weighted by molar-refractivity contribution is 5.82. The zero-order chi connectivity index (χ0) is 22.6. The number of aryl methyl sites for hydroxylation is 3. The summed E-state index contributed by atoms with van der Waals surface area (Å²) in [6.07, 6.45) is 9.27. The maximum Gasteiger partial charge on any atom is 0.138 e. The van der Waals surface area contributed by atoms with Gasteiger partial charge in [-0.1, -0.05) is 50.6 Å². The fourth-order valence-corrected chi connectivity index (χ4v) is 4.38. The van der Waals surface area contributed by atoms with Gasteiger partial charge in [-0.05, 0) is 62.5 Å². The summed E-state index contributed by atoms with van der Waals surface area (Å²) < 4.78 is 2.36. The van der Waals surface area contributed by atoms with Crippen LogP contribution < -0.4 is 0 Å². The molecule has 168 valence electrons. The lowest BCUT2D eigenvalue weighted by atomic mass is 9.90. The molecule has 4 heteroatoms. The topological polar surface area (TPSA) is 47.8 Å². The Morgan fingerprint density at radius 2 is 2.00 bits per heavy atom. The molecule has 31 heavy (non-hydrogen) atoms. The third kappa shape index (κ3) is 6.62. The molecule has 1 fully saturated rings. The van der Waals surface area contributed by atoms with Crippen molar-refractivity contribution >= 4 is 5.78 Å². The monoisotopic (exact) mass is 421 g/mol. The molecule has 4 nitrogen and oxygen atoms in total. The van der Waals surface area contributed by atoms with Gasteiger partial charge in [0.15, 0.2) is 0 Å². The molecule has 1 saturated carbocycles. The molecule has 3 rings (SSSR count). The quantitative estimate of drug-likeness (QED) is 0.391. The Hall–Kier alpha value is -2.23. The second-order valence-corrected chi connectivity index (χ2v) is 10.6. The predicted octanol–water partition coefficient (Wildman–Crippen LogP) is 6.46. The Morgan fingerprint density at radius 3 is 2.61 bits per heavy atom. The summed E-state index contributed by atoms with van der Waals surface area (Å²) in [5, 5.41) is 9.20. The lowest BCUT2D eigenvalue weighted by Gasteiger charge is -2.19. The van der Waals surface area contributed by atoms with Crippen LogP contribution in [0.15, 0.2) is 30.9 Å². The summed E-state index contributed by atoms with van der Waals surface area (Å²) in [7, 11) is 0. The number of Topliss-reactive ketones (excluding diaryl/α,β-unsaturated/α-hetero) is 1. The first kappa shape index (κ1) is 23.4. The first-order chi connectivity index (χ1) is 14.7. The van der Waals surface area contributed by atoms with Crippen LogP contribution in [0, 0.1) is 19.3 Å². The van der Waals surface area contributed by atoms with Crippen molar-refractivity contribution < 1.29 is 4.79 Å². The average Bonchev–Trinajstić information content (AvgIpc) is 3.42. The molecule has 0 radical (unpaired) electrons. The van der Waals surface area contributed by atoms with E-state index in [0.717, 1.165) is 36.5 Å². The van der Waals surface area contributed by atoms with Crippen molar-refractivity contribution in [3.63, 3.8) is 0 Å². The summed E-state index contributed by atoms with van der Waals surface area (Å²) in [5.41, 5.74) is 3.88. The van der Waals surface area contributed by atoms with Crippen LogP contribution in [0.4, 0.5) is 0 Å². The number of allylic oxidation sites excluding steroid dienone is 1. The molecule has 1 unspecified atom stereocenters. The van der Waals surface area contributed by atoms with Crippen molar-refractivity contribution in [3.05, 3.63) is 59.2 Å². The SMILES string of the molecule is C=CCC(CC(=O)Cc1ccc(C)cc1C)c1nnc(CCCC(C)(C)C)n1C1CC1. The van der Waals surface area contributed by atoms with Crippen molar-refractivity contribution in [2.45, 2.75) is 97.9 Å². The largest absolute Gasteiger partial charge is 0.312 e. The van der Waals surface area contributed by atoms with Crippen LogP contribution in [0.1, 0.15) is 99.6 Å². The average molecular weight is 422 g/mol. The molecule has 1 aliphatic rings. The smallest absolute Gasteiger partial charge is 0.138 e. The van der Waals surface area contributed by atoms with Crippen LogP contribution in [0.5, 0.6) is 0 Å². The molecule has 1 aromatic heterocycles. The van der Waals surface area contributed by atoms with Gasteiger partial charge in [0, 0.05) is 31.2 Å². The third-order valence-corrected chi connectivity index (χ3v) is 6.21. The molecular weight excluding hydrogens is 382 g/mol. The number of carbonyl (C=O) groups is 1. The number of nitrogens with zero attached hydrogens (tertiary/aromatic N) is 3. The van der Waals surface area contributed by atoms with Gasteiger partial charge in [-0.15, -0.1) is 16.8 Å². The van der Waals surface area contributed by atoms with Gasteiger partial charge in [-0.3, -0.25) is 4.79 Å².